The van der Waals surface area contributed by atoms with E-state index in [1.807, 2.05) is 0 Å². The molecule has 0 bridgehead atoms. The lowest BCUT2D eigenvalue weighted by atomic mass is 9.69. The summed E-state index contributed by atoms with van der Waals surface area (Å²) in [7, 11) is 0. The largest absolute Gasteiger partial charge is 0.352 e. The molecule has 1 fully saturated rings. The van der Waals surface area contributed by atoms with Crippen LogP contribution in [-0.2, 0) is 4.79 Å². The predicted molar refractivity (Wildman–Crippen MR) is 85.5 cm³/mol. The number of alkyl halides is 1. The number of halogens is 1. The molecule has 0 aromatic carbocycles. The molecule has 1 atom stereocenters. The van der Waals surface area contributed by atoms with Gasteiger partial charge in [-0.3, -0.25) is 4.79 Å². The predicted octanol–water partition coefficient (Wildman–Crippen LogP) is 4.52. The van der Waals surface area contributed by atoms with Crippen LogP contribution in [0.4, 0.5) is 0 Å². The third-order valence-electron chi connectivity index (χ3n) is 4.93. The summed E-state index contributed by atoms with van der Waals surface area (Å²) in [5.41, 5.74) is 0.449. The second kappa shape index (κ2) is 7.10. The Hall–Kier alpha value is -0.0500. The van der Waals surface area contributed by atoms with Crippen molar-refractivity contribution in [2.45, 2.75) is 77.6 Å². The molecule has 0 aromatic heterocycles. The van der Waals surface area contributed by atoms with Gasteiger partial charge in [0, 0.05) is 6.04 Å². The van der Waals surface area contributed by atoms with Crippen molar-refractivity contribution in [1.29, 1.82) is 0 Å². The van der Waals surface area contributed by atoms with Gasteiger partial charge in [-0.15, -0.1) is 0 Å². The monoisotopic (exact) mass is 331 g/mol. The summed E-state index contributed by atoms with van der Waals surface area (Å²) in [6.07, 6.45) is 6.02. The van der Waals surface area contributed by atoms with Crippen LogP contribution in [0.5, 0.6) is 0 Å². The molecule has 0 radical (unpaired) electrons. The fourth-order valence-electron chi connectivity index (χ4n) is 2.89. The second-order valence-electron chi connectivity index (χ2n) is 7.05. The van der Waals surface area contributed by atoms with E-state index in [4.69, 9.17) is 0 Å². The van der Waals surface area contributed by atoms with Crippen LogP contribution in [0, 0.1) is 17.3 Å². The highest BCUT2D eigenvalue weighted by Crippen LogP contribution is 2.40. The van der Waals surface area contributed by atoms with Gasteiger partial charge in [-0.2, -0.15) is 0 Å². The van der Waals surface area contributed by atoms with Gasteiger partial charge >= 0.3 is 0 Å². The lowest BCUT2D eigenvalue weighted by Crippen LogP contribution is -2.43. The Labute approximate surface area is 127 Å². The summed E-state index contributed by atoms with van der Waals surface area (Å²) in [6.45, 7) is 11.2. The highest BCUT2D eigenvalue weighted by atomic mass is 79.9. The first kappa shape index (κ1) is 17.0. The maximum absolute atomic E-state index is 12.0. The number of amides is 1. The van der Waals surface area contributed by atoms with Crippen LogP contribution in [-0.4, -0.2) is 16.8 Å². The quantitative estimate of drug-likeness (QED) is 0.737. The molecule has 112 valence electrons. The van der Waals surface area contributed by atoms with Crippen molar-refractivity contribution in [3.05, 3.63) is 0 Å². The Morgan fingerprint density at radius 2 is 1.79 bits per heavy atom. The van der Waals surface area contributed by atoms with Crippen LogP contribution in [0.25, 0.3) is 0 Å². The summed E-state index contributed by atoms with van der Waals surface area (Å²) >= 11 is 3.48. The van der Waals surface area contributed by atoms with Crippen LogP contribution >= 0.6 is 15.9 Å². The summed E-state index contributed by atoms with van der Waals surface area (Å²) in [5, 5.41) is 3.20. The zero-order valence-electron chi connectivity index (χ0n) is 13.1. The number of carbonyl (C=O) groups is 1. The van der Waals surface area contributed by atoms with E-state index in [0.717, 1.165) is 18.8 Å². The molecule has 0 aliphatic heterocycles. The first-order valence-electron chi connectivity index (χ1n) is 7.72. The third kappa shape index (κ3) is 4.77. The van der Waals surface area contributed by atoms with Gasteiger partial charge in [0.05, 0.1) is 4.83 Å². The molecule has 0 spiro atoms. The highest BCUT2D eigenvalue weighted by Gasteiger charge is 2.32. The van der Waals surface area contributed by atoms with Gasteiger partial charge in [-0.1, -0.05) is 57.0 Å². The van der Waals surface area contributed by atoms with E-state index < -0.39 is 0 Å². The van der Waals surface area contributed by atoms with Crippen molar-refractivity contribution in [2.24, 2.45) is 17.3 Å². The lowest BCUT2D eigenvalue weighted by Gasteiger charge is -2.39. The van der Waals surface area contributed by atoms with E-state index in [9.17, 15) is 4.79 Å². The molecule has 1 saturated carbocycles. The van der Waals surface area contributed by atoms with Gasteiger partial charge in [-0.25, -0.2) is 0 Å². The minimum Gasteiger partial charge on any atom is -0.352 e. The van der Waals surface area contributed by atoms with Crippen molar-refractivity contribution in [2.75, 3.05) is 0 Å². The molecule has 1 aliphatic carbocycles. The lowest BCUT2D eigenvalue weighted by molar-refractivity contribution is -0.122. The number of rotatable bonds is 5. The Kier molecular flexibility index (Phi) is 6.35. The molecule has 1 aliphatic rings. The molecule has 0 heterocycles. The van der Waals surface area contributed by atoms with Crippen molar-refractivity contribution < 1.29 is 4.79 Å². The number of hydrogen-bond donors (Lipinski definition) is 1. The van der Waals surface area contributed by atoms with Crippen molar-refractivity contribution >= 4 is 21.8 Å². The van der Waals surface area contributed by atoms with Crippen molar-refractivity contribution in [3.8, 4) is 0 Å². The molecule has 2 nitrogen and oxygen atoms in total. The zero-order chi connectivity index (χ0) is 14.6. The first-order valence-corrected chi connectivity index (χ1v) is 8.64. The van der Waals surface area contributed by atoms with E-state index in [0.29, 0.717) is 17.4 Å². The van der Waals surface area contributed by atoms with Gasteiger partial charge in [-0.05, 0) is 42.9 Å². The maximum Gasteiger partial charge on any atom is 0.234 e. The van der Waals surface area contributed by atoms with Crippen molar-refractivity contribution in [1.82, 2.24) is 5.32 Å². The molecule has 1 unspecified atom stereocenters. The second-order valence-corrected chi connectivity index (χ2v) is 8.03. The Morgan fingerprint density at radius 1 is 1.26 bits per heavy atom. The Bertz CT molecular complexity index is 293. The van der Waals surface area contributed by atoms with Crippen LogP contribution in [0.15, 0.2) is 0 Å². The van der Waals surface area contributed by atoms with Crippen molar-refractivity contribution in [3.63, 3.8) is 0 Å². The Balaban J connectivity index is 2.41. The van der Waals surface area contributed by atoms with Crippen LogP contribution in [0.2, 0.25) is 0 Å². The van der Waals surface area contributed by atoms with Gasteiger partial charge in [0.15, 0.2) is 0 Å². The van der Waals surface area contributed by atoms with E-state index in [1.165, 1.54) is 19.3 Å². The van der Waals surface area contributed by atoms with E-state index >= 15 is 0 Å². The van der Waals surface area contributed by atoms with E-state index in [-0.39, 0.29) is 10.7 Å². The summed E-state index contributed by atoms with van der Waals surface area (Å²) in [5.74, 6) is 1.32. The fourth-order valence-corrected chi connectivity index (χ4v) is 3.02. The fraction of sp³-hybridized carbons (Fsp3) is 0.938. The smallest absolute Gasteiger partial charge is 0.234 e. The highest BCUT2D eigenvalue weighted by molar-refractivity contribution is 9.10. The normalized spacial score (nSPS) is 26.3. The van der Waals surface area contributed by atoms with E-state index in [2.05, 4.69) is 55.9 Å². The topological polar surface area (TPSA) is 29.1 Å². The van der Waals surface area contributed by atoms with Crippen LogP contribution in [0.3, 0.4) is 0 Å². The minimum absolute atomic E-state index is 0.0580. The summed E-state index contributed by atoms with van der Waals surface area (Å²) in [4.78, 5) is 12.0. The third-order valence-corrected chi connectivity index (χ3v) is 6.40. The molecule has 1 rings (SSSR count). The molecule has 3 heteroatoms. The van der Waals surface area contributed by atoms with E-state index in [1.54, 1.807) is 0 Å². The molecule has 0 aromatic rings. The molecular weight excluding hydrogens is 302 g/mol. The first-order chi connectivity index (χ1) is 8.77. The summed E-state index contributed by atoms with van der Waals surface area (Å²) in [6, 6.07) is 0.384. The minimum atomic E-state index is -0.0580. The zero-order valence-corrected chi connectivity index (χ0v) is 14.7. The van der Waals surface area contributed by atoms with Crippen LogP contribution < -0.4 is 5.32 Å². The maximum atomic E-state index is 12.0. The molecule has 1 N–H and O–H groups in total. The average molecular weight is 332 g/mol. The molecule has 0 saturated heterocycles. The van der Waals surface area contributed by atoms with Gasteiger partial charge in [0.25, 0.3) is 0 Å². The number of hydrogen-bond acceptors (Lipinski definition) is 1. The van der Waals surface area contributed by atoms with Gasteiger partial charge in [0.2, 0.25) is 5.91 Å². The van der Waals surface area contributed by atoms with Gasteiger partial charge in [0.1, 0.15) is 0 Å². The average Bonchev–Trinajstić information content (AvgIpc) is 2.38. The number of nitrogens with one attached hydrogen (secondary N) is 1. The molecule has 1 amide bonds. The van der Waals surface area contributed by atoms with Gasteiger partial charge < -0.3 is 5.32 Å². The SMILES string of the molecule is CCC(C)(C)C1CCC(NC(=O)C(Br)C(C)C)CC1. The Morgan fingerprint density at radius 3 is 2.21 bits per heavy atom. The molecular formula is C16H30BrNO. The molecule has 19 heavy (non-hydrogen) atoms. The van der Waals surface area contributed by atoms with Crippen LogP contribution in [0.1, 0.15) is 66.7 Å². The number of carbonyl (C=O) groups excluding carboxylic acids is 1. The standard InChI is InChI=1S/C16H30BrNO/c1-6-16(4,5)12-7-9-13(10-8-12)18-15(19)14(17)11(2)3/h11-14H,6-10H2,1-5H3,(H,18,19). The summed E-state index contributed by atoms with van der Waals surface area (Å²) < 4.78 is 0.